The minimum atomic E-state index is -0.203. The molecule has 0 aliphatic carbocycles. The summed E-state index contributed by atoms with van der Waals surface area (Å²) in [5, 5.41) is 13.9. The lowest BCUT2D eigenvalue weighted by Gasteiger charge is -2.20. The second-order valence-corrected chi connectivity index (χ2v) is 5.87. The first-order valence-electron chi connectivity index (χ1n) is 6.63. The quantitative estimate of drug-likeness (QED) is 0.640. The van der Waals surface area contributed by atoms with Crippen molar-refractivity contribution >= 4 is 28.2 Å². The lowest BCUT2D eigenvalue weighted by Crippen LogP contribution is -2.41. The molecule has 1 heterocycles. The van der Waals surface area contributed by atoms with Gasteiger partial charge in [0.2, 0.25) is 5.91 Å². The van der Waals surface area contributed by atoms with Crippen LogP contribution >= 0.6 is 0 Å². The van der Waals surface area contributed by atoms with Gasteiger partial charge < -0.3 is 16.4 Å². The Labute approximate surface area is 118 Å². The Bertz CT molecular complexity index is 612. The van der Waals surface area contributed by atoms with E-state index in [1.807, 2.05) is 32.9 Å². The number of fused-ring (bicyclic) bond motifs is 1. The van der Waals surface area contributed by atoms with E-state index >= 15 is 0 Å². The number of rotatable bonds is 4. The van der Waals surface area contributed by atoms with Crippen LogP contribution in [-0.2, 0) is 4.79 Å². The van der Waals surface area contributed by atoms with Gasteiger partial charge in [-0.1, -0.05) is 0 Å². The number of benzene rings is 1. The zero-order valence-corrected chi connectivity index (χ0v) is 12.1. The lowest BCUT2D eigenvalue weighted by molar-refractivity contribution is -0.122. The molecular formula is C14H21N5O. The zero-order chi connectivity index (χ0) is 14.8. The molecule has 0 atom stereocenters. The number of nitrogens with zero attached hydrogens (tertiary/aromatic N) is 1. The fourth-order valence-corrected chi connectivity index (χ4v) is 1.95. The second kappa shape index (κ2) is 5.40. The molecule has 20 heavy (non-hydrogen) atoms. The highest BCUT2D eigenvalue weighted by molar-refractivity contribution is 5.88. The van der Waals surface area contributed by atoms with Crippen molar-refractivity contribution in [2.24, 2.45) is 0 Å². The van der Waals surface area contributed by atoms with Gasteiger partial charge >= 0.3 is 0 Å². The number of anilines is 2. The minimum absolute atomic E-state index is 0.0196. The molecular weight excluding hydrogens is 254 g/mol. The third-order valence-corrected chi connectivity index (χ3v) is 2.79. The van der Waals surface area contributed by atoms with Crippen LogP contribution in [0.4, 0.5) is 11.4 Å². The molecule has 0 spiro atoms. The van der Waals surface area contributed by atoms with Gasteiger partial charge in [-0.15, -0.1) is 0 Å². The summed E-state index contributed by atoms with van der Waals surface area (Å²) in [5.74, 6) is 0.0196. The van der Waals surface area contributed by atoms with Gasteiger partial charge in [0.1, 0.15) is 0 Å². The topological polar surface area (TPSA) is 95.8 Å². The van der Waals surface area contributed by atoms with E-state index in [0.717, 1.165) is 16.6 Å². The molecule has 0 saturated carbocycles. The Hall–Kier alpha value is -2.24. The van der Waals surface area contributed by atoms with Crippen molar-refractivity contribution in [3.8, 4) is 0 Å². The van der Waals surface area contributed by atoms with Crippen molar-refractivity contribution in [2.75, 3.05) is 17.6 Å². The Morgan fingerprint density at radius 3 is 2.85 bits per heavy atom. The normalized spacial score (nSPS) is 11.6. The first-order chi connectivity index (χ1) is 9.35. The maximum absolute atomic E-state index is 11.7. The van der Waals surface area contributed by atoms with Crippen LogP contribution in [0.1, 0.15) is 27.2 Å². The van der Waals surface area contributed by atoms with Crippen LogP contribution in [-0.4, -0.2) is 28.2 Å². The number of aromatic nitrogens is 2. The molecule has 0 fully saturated rings. The third-order valence-electron chi connectivity index (χ3n) is 2.79. The third kappa shape index (κ3) is 3.63. The molecule has 2 rings (SSSR count). The summed E-state index contributed by atoms with van der Waals surface area (Å²) in [4.78, 5) is 11.7. The van der Waals surface area contributed by atoms with E-state index in [9.17, 15) is 4.79 Å². The van der Waals surface area contributed by atoms with Crippen LogP contribution in [0.15, 0.2) is 18.3 Å². The van der Waals surface area contributed by atoms with Gasteiger partial charge in [0.05, 0.1) is 23.1 Å². The number of H-pyrrole nitrogens is 1. The SMILES string of the molecule is CC(C)(C)NC(=O)CCNc1cc2[nH]ncc2cc1N. The molecule has 1 aromatic carbocycles. The molecule has 6 nitrogen and oxygen atoms in total. The second-order valence-electron chi connectivity index (χ2n) is 5.87. The first-order valence-corrected chi connectivity index (χ1v) is 6.63. The number of carbonyl (C=O) groups is 1. The molecule has 1 amide bonds. The lowest BCUT2D eigenvalue weighted by atomic mass is 10.1. The van der Waals surface area contributed by atoms with E-state index in [1.165, 1.54) is 0 Å². The smallest absolute Gasteiger partial charge is 0.222 e. The predicted molar refractivity (Wildman–Crippen MR) is 81.5 cm³/mol. The number of nitrogen functional groups attached to an aromatic ring is 1. The molecule has 0 radical (unpaired) electrons. The molecule has 6 heteroatoms. The number of hydrogen-bond acceptors (Lipinski definition) is 4. The highest BCUT2D eigenvalue weighted by Crippen LogP contribution is 2.24. The van der Waals surface area contributed by atoms with Gasteiger partial charge in [0, 0.05) is 23.9 Å². The average Bonchev–Trinajstić information content (AvgIpc) is 2.73. The van der Waals surface area contributed by atoms with Crippen LogP contribution in [0.2, 0.25) is 0 Å². The van der Waals surface area contributed by atoms with Crippen molar-refractivity contribution in [3.05, 3.63) is 18.3 Å². The summed E-state index contributed by atoms with van der Waals surface area (Å²) in [6, 6.07) is 3.76. The Balaban J connectivity index is 1.92. The summed E-state index contributed by atoms with van der Waals surface area (Å²) in [7, 11) is 0. The molecule has 0 aliphatic heterocycles. The zero-order valence-electron chi connectivity index (χ0n) is 12.1. The largest absolute Gasteiger partial charge is 0.397 e. The summed E-state index contributed by atoms with van der Waals surface area (Å²) in [5.41, 5.74) is 8.13. The molecule has 108 valence electrons. The van der Waals surface area contributed by atoms with Gasteiger partial charge in [-0.3, -0.25) is 9.89 Å². The Morgan fingerprint density at radius 2 is 2.15 bits per heavy atom. The highest BCUT2D eigenvalue weighted by atomic mass is 16.1. The summed E-state index contributed by atoms with van der Waals surface area (Å²) in [6.07, 6.45) is 2.13. The van der Waals surface area contributed by atoms with E-state index in [-0.39, 0.29) is 11.4 Å². The van der Waals surface area contributed by atoms with Crippen molar-refractivity contribution in [1.29, 1.82) is 0 Å². The van der Waals surface area contributed by atoms with Crippen LogP contribution in [0.25, 0.3) is 10.9 Å². The van der Waals surface area contributed by atoms with E-state index in [1.54, 1.807) is 6.20 Å². The average molecular weight is 275 g/mol. The fraction of sp³-hybridized carbons (Fsp3) is 0.429. The van der Waals surface area contributed by atoms with Gasteiger partial charge in [-0.2, -0.15) is 5.10 Å². The maximum atomic E-state index is 11.7. The van der Waals surface area contributed by atoms with Crippen LogP contribution in [0.5, 0.6) is 0 Å². The monoisotopic (exact) mass is 275 g/mol. The van der Waals surface area contributed by atoms with Crippen molar-refractivity contribution in [2.45, 2.75) is 32.7 Å². The van der Waals surface area contributed by atoms with E-state index in [2.05, 4.69) is 20.8 Å². The highest BCUT2D eigenvalue weighted by Gasteiger charge is 2.13. The number of carbonyl (C=O) groups excluding carboxylic acids is 1. The van der Waals surface area contributed by atoms with E-state index < -0.39 is 0 Å². The molecule has 0 saturated heterocycles. The number of nitrogens with one attached hydrogen (secondary N) is 3. The van der Waals surface area contributed by atoms with E-state index in [0.29, 0.717) is 18.7 Å². The number of amides is 1. The predicted octanol–water partition coefficient (Wildman–Crippen LogP) is 1.86. The van der Waals surface area contributed by atoms with E-state index in [4.69, 9.17) is 5.73 Å². The first kappa shape index (κ1) is 14.2. The minimum Gasteiger partial charge on any atom is -0.397 e. The maximum Gasteiger partial charge on any atom is 0.222 e. The molecule has 2 aromatic rings. The molecule has 1 aromatic heterocycles. The summed E-state index contributed by atoms with van der Waals surface area (Å²) >= 11 is 0. The van der Waals surface area contributed by atoms with Crippen LogP contribution in [0, 0.1) is 0 Å². The number of nitrogens with two attached hydrogens (primary N) is 1. The molecule has 0 unspecified atom stereocenters. The number of aromatic amines is 1. The van der Waals surface area contributed by atoms with Gasteiger partial charge in [-0.05, 0) is 32.9 Å². The van der Waals surface area contributed by atoms with Gasteiger partial charge in [0.25, 0.3) is 0 Å². The van der Waals surface area contributed by atoms with Gasteiger partial charge in [0.15, 0.2) is 0 Å². The van der Waals surface area contributed by atoms with Crippen LogP contribution in [0.3, 0.4) is 0 Å². The summed E-state index contributed by atoms with van der Waals surface area (Å²) < 4.78 is 0. The molecule has 5 N–H and O–H groups in total. The fourth-order valence-electron chi connectivity index (χ4n) is 1.95. The van der Waals surface area contributed by atoms with Crippen LogP contribution < -0.4 is 16.4 Å². The van der Waals surface area contributed by atoms with Crippen molar-refractivity contribution < 1.29 is 4.79 Å². The Kier molecular flexibility index (Phi) is 3.83. The van der Waals surface area contributed by atoms with Gasteiger partial charge in [-0.25, -0.2) is 0 Å². The van der Waals surface area contributed by atoms with Crippen molar-refractivity contribution in [1.82, 2.24) is 15.5 Å². The Morgan fingerprint density at radius 1 is 1.40 bits per heavy atom. The standard InChI is InChI=1S/C14H21N5O/c1-14(2,3)18-13(20)4-5-16-12-7-11-9(6-10(12)15)8-17-19-11/h6-8,16H,4-5,15H2,1-3H3,(H,17,19)(H,18,20). The van der Waals surface area contributed by atoms with Crippen molar-refractivity contribution in [3.63, 3.8) is 0 Å². The molecule has 0 aliphatic rings. The number of hydrogen-bond donors (Lipinski definition) is 4. The molecule has 0 bridgehead atoms. The summed E-state index contributed by atoms with van der Waals surface area (Å²) in [6.45, 7) is 6.42.